The highest BCUT2D eigenvalue weighted by Crippen LogP contribution is 2.31. The number of piperidine rings is 1. The SMILES string of the molecule is CC(=O)N1C[C@H](c2nc(Nc3ccc(C=N)c(N)c3)cc(-c3cccnc3)n2)CC[C@@H]1C. The van der Waals surface area contributed by atoms with E-state index in [0.29, 0.717) is 29.4 Å². The molecule has 3 heterocycles. The third-order valence-electron chi connectivity index (χ3n) is 5.87. The fourth-order valence-corrected chi connectivity index (χ4v) is 4.06. The molecular formula is C24H27N7O. The highest BCUT2D eigenvalue weighted by Gasteiger charge is 2.30. The van der Waals surface area contributed by atoms with E-state index in [1.165, 1.54) is 6.21 Å². The van der Waals surface area contributed by atoms with Gasteiger partial charge in [-0.15, -0.1) is 0 Å². The number of carbonyl (C=O) groups is 1. The van der Waals surface area contributed by atoms with Crippen LogP contribution in [-0.4, -0.2) is 44.6 Å². The van der Waals surface area contributed by atoms with Crippen molar-refractivity contribution < 1.29 is 4.79 Å². The second-order valence-corrected chi connectivity index (χ2v) is 8.15. The summed E-state index contributed by atoms with van der Waals surface area (Å²) in [5.41, 5.74) is 9.66. The van der Waals surface area contributed by atoms with Crippen molar-refractivity contribution in [3.8, 4) is 11.3 Å². The molecule has 164 valence electrons. The molecule has 0 spiro atoms. The number of nitrogens with zero attached hydrogens (tertiary/aromatic N) is 4. The Morgan fingerprint density at radius 2 is 2.09 bits per heavy atom. The van der Waals surface area contributed by atoms with E-state index >= 15 is 0 Å². The van der Waals surface area contributed by atoms with Crippen molar-refractivity contribution in [2.45, 2.75) is 38.6 Å². The lowest BCUT2D eigenvalue weighted by molar-refractivity contribution is -0.132. The van der Waals surface area contributed by atoms with Gasteiger partial charge in [0.25, 0.3) is 0 Å². The Morgan fingerprint density at radius 3 is 2.78 bits per heavy atom. The van der Waals surface area contributed by atoms with Crippen LogP contribution in [-0.2, 0) is 4.79 Å². The van der Waals surface area contributed by atoms with Crippen LogP contribution in [0.4, 0.5) is 17.2 Å². The van der Waals surface area contributed by atoms with Gasteiger partial charge in [0.1, 0.15) is 11.6 Å². The molecule has 1 aromatic carbocycles. The Hall–Kier alpha value is -3.81. The first-order chi connectivity index (χ1) is 15.4. The normalized spacial score (nSPS) is 18.2. The van der Waals surface area contributed by atoms with Gasteiger partial charge in [0.15, 0.2) is 0 Å². The van der Waals surface area contributed by atoms with Gasteiger partial charge in [0.2, 0.25) is 5.91 Å². The summed E-state index contributed by atoms with van der Waals surface area (Å²) in [6, 6.07) is 11.4. The van der Waals surface area contributed by atoms with Gasteiger partial charge < -0.3 is 21.4 Å². The molecule has 1 aliphatic heterocycles. The summed E-state index contributed by atoms with van der Waals surface area (Å²) in [4.78, 5) is 27.9. The van der Waals surface area contributed by atoms with Gasteiger partial charge in [-0.2, -0.15) is 0 Å². The van der Waals surface area contributed by atoms with Crippen LogP contribution in [0.25, 0.3) is 11.3 Å². The lowest BCUT2D eigenvalue weighted by Crippen LogP contribution is -2.44. The molecule has 3 aromatic rings. The Kier molecular flexibility index (Phi) is 6.11. The minimum atomic E-state index is 0.0534. The van der Waals surface area contributed by atoms with E-state index in [1.807, 2.05) is 29.2 Å². The van der Waals surface area contributed by atoms with E-state index in [0.717, 1.165) is 29.8 Å². The number of nitrogens with one attached hydrogen (secondary N) is 2. The maximum Gasteiger partial charge on any atom is 0.219 e. The first-order valence-corrected chi connectivity index (χ1v) is 10.7. The minimum absolute atomic E-state index is 0.0534. The van der Waals surface area contributed by atoms with E-state index < -0.39 is 0 Å². The van der Waals surface area contributed by atoms with E-state index in [2.05, 4.69) is 17.2 Å². The second kappa shape index (κ2) is 9.13. The standard InChI is InChI=1S/C24H27N7O/c1-15-5-6-19(14-31(15)16(2)32)24-29-22(18-4-3-9-27-13-18)11-23(30-24)28-20-8-7-17(12-25)21(26)10-20/h3-4,7-13,15,19,25H,5-6,14,26H2,1-2H3,(H,28,29,30)/t15-,19+/m0/s1. The topological polar surface area (TPSA) is 121 Å². The number of pyridine rings is 1. The van der Waals surface area contributed by atoms with Crippen LogP contribution in [0.5, 0.6) is 0 Å². The highest BCUT2D eigenvalue weighted by molar-refractivity contribution is 5.86. The van der Waals surface area contributed by atoms with E-state index in [-0.39, 0.29) is 17.9 Å². The van der Waals surface area contributed by atoms with Crippen molar-refractivity contribution in [2.24, 2.45) is 0 Å². The molecule has 32 heavy (non-hydrogen) atoms. The first kappa shape index (κ1) is 21.4. The summed E-state index contributed by atoms with van der Waals surface area (Å²) in [5.74, 6) is 1.48. The van der Waals surface area contributed by atoms with Crippen molar-refractivity contribution in [1.82, 2.24) is 19.9 Å². The molecule has 4 N–H and O–H groups in total. The summed E-state index contributed by atoms with van der Waals surface area (Å²) in [6.07, 6.45) is 6.56. The monoisotopic (exact) mass is 429 g/mol. The average molecular weight is 430 g/mol. The predicted octanol–water partition coefficient (Wildman–Crippen LogP) is 3.98. The molecule has 1 saturated heterocycles. The van der Waals surface area contributed by atoms with Gasteiger partial charge >= 0.3 is 0 Å². The van der Waals surface area contributed by atoms with Crippen molar-refractivity contribution in [3.63, 3.8) is 0 Å². The lowest BCUT2D eigenvalue weighted by atomic mass is 9.92. The van der Waals surface area contributed by atoms with Crippen LogP contribution in [0, 0.1) is 5.41 Å². The summed E-state index contributed by atoms with van der Waals surface area (Å²) >= 11 is 0. The molecule has 0 aliphatic carbocycles. The van der Waals surface area contributed by atoms with Gasteiger partial charge in [-0.1, -0.05) is 0 Å². The molecule has 1 amide bonds. The molecule has 4 rings (SSSR count). The molecular weight excluding hydrogens is 402 g/mol. The van der Waals surface area contributed by atoms with E-state index in [4.69, 9.17) is 21.1 Å². The third-order valence-corrected chi connectivity index (χ3v) is 5.87. The molecule has 2 atom stereocenters. The average Bonchev–Trinajstić information content (AvgIpc) is 2.80. The van der Waals surface area contributed by atoms with Crippen LogP contribution in [0.3, 0.4) is 0 Å². The number of aromatic nitrogens is 3. The van der Waals surface area contributed by atoms with Crippen LogP contribution in [0.1, 0.15) is 44.0 Å². The summed E-state index contributed by atoms with van der Waals surface area (Å²) in [6.45, 7) is 4.30. The van der Waals surface area contributed by atoms with Crippen LogP contribution >= 0.6 is 0 Å². The fraction of sp³-hybridized carbons (Fsp3) is 0.292. The Labute approximate surface area is 187 Å². The Morgan fingerprint density at radius 1 is 1.25 bits per heavy atom. The van der Waals surface area contributed by atoms with Crippen LogP contribution < -0.4 is 11.1 Å². The minimum Gasteiger partial charge on any atom is -0.398 e. The van der Waals surface area contributed by atoms with Gasteiger partial charge in [-0.3, -0.25) is 9.78 Å². The molecule has 0 unspecified atom stereocenters. The fourth-order valence-electron chi connectivity index (χ4n) is 4.06. The molecule has 8 nitrogen and oxygen atoms in total. The number of hydrogen-bond acceptors (Lipinski definition) is 7. The number of anilines is 3. The number of carbonyl (C=O) groups excluding carboxylic acids is 1. The molecule has 1 aliphatic rings. The van der Waals surface area contributed by atoms with Crippen molar-refractivity contribution >= 4 is 29.3 Å². The second-order valence-electron chi connectivity index (χ2n) is 8.15. The number of likely N-dealkylation sites (tertiary alicyclic amines) is 1. The van der Waals surface area contributed by atoms with Gasteiger partial charge in [-0.05, 0) is 50.1 Å². The smallest absolute Gasteiger partial charge is 0.219 e. The van der Waals surface area contributed by atoms with Crippen LogP contribution in [0.15, 0.2) is 48.8 Å². The molecule has 2 aromatic heterocycles. The number of hydrogen-bond donors (Lipinski definition) is 3. The van der Waals surface area contributed by atoms with Crippen molar-refractivity contribution in [2.75, 3.05) is 17.6 Å². The molecule has 8 heteroatoms. The highest BCUT2D eigenvalue weighted by atomic mass is 16.2. The molecule has 0 bridgehead atoms. The predicted molar refractivity (Wildman–Crippen MR) is 126 cm³/mol. The quantitative estimate of drug-likeness (QED) is 0.417. The Bertz CT molecular complexity index is 1130. The zero-order valence-corrected chi connectivity index (χ0v) is 18.2. The van der Waals surface area contributed by atoms with Gasteiger partial charge in [0.05, 0.1) is 5.69 Å². The zero-order valence-electron chi connectivity index (χ0n) is 18.2. The number of amides is 1. The third kappa shape index (κ3) is 4.59. The zero-order chi connectivity index (χ0) is 22.7. The molecule has 0 radical (unpaired) electrons. The van der Waals surface area contributed by atoms with Gasteiger partial charge in [0, 0.05) is 72.6 Å². The number of nitrogen functional groups attached to an aromatic ring is 1. The van der Waals surface area contributed by atoms with E-state index in [1.54, 1.807) is 31.5 Å². The first-order valence-electron chi connectivity index (χ1n) is 10.7. The largest absolute Gasteiger partial charge is 0.398 e. The van der Waals surface area contributed by atoms with Crippen molar-refractivity contribution in [3.05, 3.63) is 60.2 Å². The lowest BCUT2D eigenvalue weighted by Gasteiger charge is -2.37. The molecule has 1 fully saturated rings. The Balaban J connectivity index is 1.71. The summed E-state index contributed by atoms with van der Waals surface area (Å²) < 4.78 is 0. The maximum absolute atomic E-state index is 12.1. The van der Waals surface area contributed by atoms with Gasteiger partial charge in [-0.25, -0.2) is 9.97 Å². The summed E-state index contributed by atoms with van der Waals surface area (Å²) in [7, 11) is 0. The maximum atomic E-state index is 12.1. The number of benzene rings is 1. The molecule has 0 saturated carbocycles. The van der Waals surface area contributed by atoms with E-state index in [9.17, 15) is 4.79 Å². The van der Waals surface area contributed by atoms with Crippen LogP contribution in [0.2, 0.25) is 0 Å². The van der Waals surface area contributed by atoms with Crippen molar-refractivity contribution in [1.29, 1.82) is 5.41 Å². The number of nitrogens with two attached hydrogens (primary N) is 1. The number of rotatable bonds is 5. The summed E-state index contributed by atoms with van der Waals surface area (Å²) in [5, 5.41) is 10.7.